The van der Waals surface area contributed by atoms with Crippen LogP contribution in [0.2, 0.25) is 5.02 Å². The third-order valence-corrected chi connectivity index (χ3v) is 7.79. The second kappa shape index (κ2) is 10.2. The lowest BCUT2D eigenvalue weighted by molar-refractivity contribution is 0.102. The number of carbonyl (C=O) groups is 1. The van der Waals surface area contributed by atoms with Crippen molar-refractivity contribution in [2.24, 2.45) is 0 Å². The highest BCUT2D eigenvalue weighted by molar-refractivity contribution is 7.89. The Morgan fingerprint density at radius 2 is 1.69 bits per heavy atom. The minimum Gasteiger partial charge on any atom is -0.495 e. The molecule has 184 valence electrons. The third kappa shape index (κ3) is 5.24. The number of ether oxygens (including phenoxy) is 1. The highest BCUT2D eigenvalue weighted by atomic mass is 35.5. The van der Waals surface area contributed by atoms with Crippen LogP contribution in [-0.2, 0) is 10.0 Å². The van der Waals surface area contributed by atoms with Crippen molar-refractivity contribution in [2.45, 2.75) is 4.90 Å². The maximum absolute atomic E-state index is 14.5. The first-order chi connectivity index (χ1) is 16.7. The first-order valence-corrected chi connectivity index (χ1v) is 12.5. The largest absolute Gasteiger partial charge is 0.495 e. The van der Waals surface area contributed by atoms with Gasteiger partial charge in [-0.25, -0.2) is 17.2 Å². The number of hydrogen-bond donors (Lipinski definition) is 1. The molecule has 0 bridgehead atoms. The number of benzene rings is 3. The Kier molecular flexibility index (Phi) is 7.25. The molecule has 0 spiro atoms. The predicted octanol–water partition coefficient (Wildman–Crippen LogP) is 4.39. The number of hydrogen-bond acceptors (Lipinski definition) is 5. The van der Waals surface area contributed by atoms with E-state index in [0.717, 1.165) is 18.2 Å². The fraction of sp³-hybridized carbons (Fsp3) is 0.208. The Morgan fingerprint density at radius 3 is 2.37 bits per heavy atom. The Balaban J connectivity index is 1.53. The van der Waals surface area contributed by atoms with Gasteiger partial charge in [-0.3, -0.25) is 4.79 Å². The van der Waals surface area contributed by atoms with Crippen LogP contribution in [-0.4, -0.2) is 51.9 Å². The number of rotatable bonds is 6. The van der Waals surface area contributed by atoms with Gasteiger partial charge in [0.15, 0.2) is 0 Å². The first-order valence-electron chi connectivity index (χ1n) is 10.6. The second-order valence-corrected chi connectivity index (χ2v) is 10.2. The number of anilines is 2. The van der Waals surface area contributed by atoms with Gasteiger partial charge in [-0.2, -0.15) is 4.31 Å². The minimum atomic E-state index is -4.02. The Hall–Kier alpha value is -3.21. The number of nitrogens with zero attached hydrogens (tertiary/aromatic N) is 2. The van der Waals surface area contributed by atoms with E-state index in [9.17, 15) is 22.0 Å². The van der Waals surface area contributed by atoms with Crippen molar-refractivity contribution in [2.75, 3.05) is 43.5 Å². The molecule has 1 amide bonds. The summed E-state index contributed by atoms with van der Waals surface area (Å²) < 4.78 is 61.5. The molecule has 0 saturated carbocycles. The van der Waals surface area contributed by atoms with Gasteiger partial charge in [-0.1, -0.05) is 23.7 Å². The summed E-state index contributed by atoms with van der Waals surface area (Å²) in [6, 6.07) is 13.9. The van der Waals surface area contributed by atoms with Crippen LogP contribution in [0.1, 0.15) is 10.4 Å². The zero-order valence-electron chi connectivity index (χ0n) is 18.7. The molecule has 1 saturated heterocycles. The summed E-state index contributed by atoms with van der Waals surface area (Å²) in [6.45, 7) is 0.775. The summed E-state index contributed by atoms with van der Waals surface area (Å²) in [5.74, 6) is -1.81. The lowest BCUT2D eigenvalue weighted by Gasteiger charge is -2.35. The van der Waals surface area contributed by atoms with Crippen molar-refractivity contribution in [1.82, 2.24) is 4.31 Å². The highest BCUT2D eigenvalue weighted by Crippen LogP contribution is 2.29. The summed E-state index contributed by atoms with van der Waals surface area (Å²) in [5, 5.41) is 2.83. The number of carbonyl (C=O) groups excluding carboxylic acids is 1. The summed E-state index contributed by atoms with van der Waals surface area (Å²) >= 11 is 5.97. The molecule has 1 fully saturated rings. The number of nitrogens with one attached hydrogen (secondary N) is 1. The van der Waals surface area contributed by atoms with Crippen LogP contribution in [0.3, 0.4) is 0 Å². The van der Waals surface area contributed by atoms with Gasteiger partial charge in [0.25, 0.3) is 5.91 Å². The maximum atomic E-state index is 14.5. The van der Waals surface area contributed by atoms with Crippen LogP contribution in [0.25, 0.3) is 0 Å². The average Bonchev–Trinajstić information content (AvgIpc) is 2.84. The zero-order chi connectivity index (χ0) is 25.2. The van der Waals surface area contributed by atoms with Gasteiger partial charge in [-0.15, -0.1) is 0 Å². The van der Waals surface area contributed by atoms with Crippen molar-refractivity contribution in [3.05, 3.63) is 82.9 Å². The van der Waals surface area contributed by atoms with Crippen LogP contribution in [0.5, 0.6) is 5.75 Å². The number of sulfonamides is 1. The molecule has 1 N–H and O–H groups in total. The molecule has 3 aromatic carbocycles. The molecule has 3 aromatic rings. The standard InChI is InChI=1S/C24H22ClF2N3O4S/c1-34-23-9-6-16(25)14-21(23)28-24(31)18-15-17(7-8-19(18)26)35(32,33)30-12-10-29(11-13-30)22-5-3-2-4-20(22)27/h2-9,14-15H,10-13H2,1H3,(H,28,31). The summed E-state index contributed by atoms with van der Waals surface area (Å²) in [7, 11) is -2.62. The molecule has 0 radical (unpaired) electrons. The molecule has 0 atom stereocenters. The molecule has 1 aliphatic heterocycles. The fourth-order valence-corrected chi connectivity index (χ4v) is 5.45. The van der Waals surface area contributed by atoms with E-state index < -0.39 is 27.3 Å². The average molecular weight is 522 g/mol. The Labute approximate surface area is 206 Å². The van der Waals surface area contributed by atoms with E-state index in [1.165, 1.54) is 29.6 Å². The number of amides is 1. The highest BCUT2D eigenvalue weighted by Gasteiger charge is 2.30. The number of piperazine rings is 1. The van der Waals surface area contributed by atoms with Crippen molar-refractivity contribution < 1.29 is 26.7 Å². The molecule has 35 heavy (non-hydrogen) atoms. The van der Waals surface area contributed by atoms with Gasteiger partial charge in [0.2, 0.25) is 10.0 Å². The zero-order valence-corrected chi connectivity index (χ0v) is 20.2. The molecular weight excluding hydrogens is 500 g/mol. The van der Waals surface area contributed by atoms with Crippen molar-refractivity contribution in [3.63, 3.8) is 0 Å². The molecule has 7 nitrogen and oxygen atoms in total. The molecule has 1 heterocycles. The van der Waals surface area contributed by atoms with E-state index in [0.29, 0.717) is 16.5 Å². The van der Waals surface area contributed by atoms with E-state index in [1.54, 1.807) is 29.2 Å². The van der Waals surface area contributed by atoms with Gasteiger partial charge >= 0.3 is 0 Å². The summed E-state index contributed by atoms with van der Waals surface area (Å²) in [6.07, 6.45) is 0. The number of halogens is 3. The molecule has 0 aliphatic carbocycles. The van der Waals surface area contributed by atoms with Crippen LogP contribution in [0.15, 0.2) is 65.6 Å². The van der Waals surface area contributed by atoms with E-state index in [1.807, 2.05) is 0 Å². The van der Waals surface area contributed by atoms with E-state index in [4.69, 9.17) is 16.3 Å². The van der Waals surface area contributed by atoms with E-state index in [2.05, 4.69) is 5.32 Å². The van der Waals surface area contributed by atoms with Crippen LogP contribution >= 0.6 is 11.6 Å². The predicted molar refractivity (Wildman–Crippen MR) is 130 cm³/mol. The SMILES string of the molecule is COc1ccc(Cl)cc1NC(=O)c1cc(S(=O)(=O)N2CCN(c3ccccc3F)CC2)ccc1F. The second-order valence-electron chi connectivity index (χ2n) is 7.78. The van der Waals surface area contributed by atoms with Crippen molar-refractivity contribution >= 4 is 38.9 Å². The normalized spacial score (nSPS) is 14.6. The molecule has 0 aromatic heterocycles. The smallest absolute Gasteiger partial charge is 0.258 e. The quantitative estimate of drug-likeness (QED) is 0.520. The van der Waals surface area contributed by atoms with Gasteiger partial charge in [0.05, 0.1) is 28.9 Å². The molecular formula is C24H22ClF2N3O4S. The van der Waals surface area contributed by atoms with E-state index in [-0.39, 0.29) is 42.6 Å². The van der Waals surface area contributed by atoms with Gasteiger partial charge in [0, 0.05) is 31.2 Å². The number of methoxy groups -OCH3 is 1. The summed E-state index contributed by atoms with van der Waals surface area (Å²) in [5.41, 5.74) is 0.168. The van der Waals surface area contributed by atoms with Crippen molar-refractivity contribution in [3.8, 4) is 5.75 Å². The first kappa shape index (κ1) is 24.9. The lowest BCUT2D eigenvalue weighted by atomic mass is 10.2. The molecule has 4 rings (SSSR count). The van der Waals surface area contributed by atoms with Crippen LogP contribution in [0, 0.1) is 11.6 Å². The molecule has 0 unspecified atom stereocenters. The summed E-state index contributed by atoms with van der Waals surface area (Å²) in [4.78, 5) is 14.3. The third-order valence-electron chi connectivity index (χ3n) is 5.66. The molecule has 1 aliphatic rings. The Morgan fingerprint density at radius 1 is 0.971 bits per heavy atom. The Bertz CT molecular complexity index is 1360. The topological polar surface area (TPSA) is 78.9 Å². The van der Waals surface area contributed by atoms with Gasteiger partial charge in [0.1, 0.15) is 17.4 Å². The maximum Gasteiger partial charge on any atom is 0.258 e. The molecule has 11 heteroatoms. The number of para-hydroxylation sites is 1. The van der Waals surface area contributed by atoms with Gasteiger partial charge in [-0.05, 0) is 48.5 Å². The van der Waals surface area contributed by atoms with Crippen LogP contribution < -0.4 is 15.0 Å². The van der Waals surface area contributed by atoms with Crippen molar-refractivity contribution in [1.29, 1.82) is 0 Å². The monoisotopic (exact) mass is 521 g/mol. The minimum absolute atomic E-state index is 0.106. The lowest BCUT2D eigenvalue weighted by Crippen LogP contribution is -2.48. The fourth-order valence-electron chi connectivity index (χ4n) is 3.83. The van der Waals surface area contributed by atoms with E-state index >= 15 is 0 Å². The van der Waals surface area contributed by atoms with Gasteiger partial charge < -0.3 is 15.0 Å². The van der Waals surface area contributed by atoms with Crippen LogP contribution in [0.4, 0.5) is 20.2 Å².